The van der Waals surface area contributed by atoms with Crippen molar-refractivity contribution in [2.45, 2.75) is 11.5 Å². The smallest absolute Gasteiger partial charge is 0.242 e. The zero-order valence-corrected chi connectivity index (χ0v) is 21.7. The van der Waals surface area contributed by atoms with Crippen molar-refractivity contribution >= 4 is 28.2 Å². The van der Waals surface area contributed by atoms with Gasteiger partial charge in [0.05, 0.1) is 11.5 Å². The van der Waals surface area contributed by atoms with Crippen LogP contribution in [0.1, 0.15) is 5.56 Å². The molecule has 1 aliphatic heterocycles. The Kier molecular flexibility index (Phi) is 9.59. The summed E-state index contributed by atoms with van der Waals surface area (Å²) in [5.41, 5.74) is 3.01. The van der Waals surface area contributed by atoms with Gasteiger partial charge in [0.2, 0.25) is 10.0 Å². The maximum Gasteiger partial charge on any atom is 0.242 e. The van der Waals surface area contributed by atoms with E-state index < -0.39 is 10.0 Å². The summed E-state index contributed by atoms with van der Waals surface area (Å²) in [5, 5.41) is 0. The monoisotopic (exact) mass is 517 g/mol. The number of halogens is 1. The van der Waals surface area contributed by atoms with Crippen LogP contribution in [-0.2, 0) is 21.4 Å². The Hall–Kier alpha value is -2.56. The van der Waals surface area contributed by atoms with E-state index in [-0.39, 0.29) is 12.4 Å². The van der Waals surface area contributed by atoms with Gasteiger partial charge in [0.15, 0.2) is 5.82 Å². The number of likely N-dealkylation sites (N-methyl/N-ethyl adjacent to an activating group) is 1. The van der Waals surface area contributed by atoms with E-state index in [9.17, 15) is 8.42 Å². The average Bonchev–Trinajstić information content (AvgIpc) is 2.89. The molecule has 0 spiro atoms. The Labute approximate surface area is 214 Å². The summed E-state index contributed by atoms with van der Waals surface area (Å²) in [6.45, 7) is 5.00. The number of hydrogen-bond acceptors (Lipinski definition) is 7. The number of piperazine rings is 1. The van der Waals surface area contributed by atoms with Gasteiger partial charge in [-0.3, -0.25) is 9.88 Å². The average molecular weight is 518 g/mol. The zero-order valence-electron chi connectivity index (χ0n) is 20.1. The summed E-state index contributed by atoms with van der Waals surface area (Å²) < 4.78 is 32.1. The minimum Gasteiger partial charge on any atom is -0.380 e. The van der Waals surface area contributed by atoms with Crippen LogP contribution in [0, 0.1) is 0 Å². The van der Waals surface area contributed by atoms with Crippen LogP contribution in [0.15, 0.2) is 71.9 Å². The first-order valence-corrected chi connectivity index (χ1v) is 12.8. The number of aromatic nitrogens is 2. The van der Waals surface area contributed by atoms with Crippen molar-refractivity contribution in [3.63, 3.8) is 0 Å². The molecule has 0 amide bonds. The van der Waals surface area contributed by atoms with Crippen molar-refractivity contribution in [2.75, 3.05) is 58.3 Å². The number of nitrogens with zero attached hydrogens (tertiary/aromatic N) is 5. The molecule has 0 unspecified atom stereocenters. The molecule has 0 atom stereocenters. The molecule has 2 heterocycles. The maximum atomic E-state index is 12.7. The summed E-state index contributed by atoms with van der Waals surface area (Å²) in [5.74, 6) is 0.880. The lowest BCUT2D eigenvalue weighted by Crippen LogP contribution is -2.49. The van der Waals surface area contributed by atoms with Crippen LogP contribution in [0.4, 0.5) is 5.82 Å². The van der Waals surface area contributed by atoms with Crippen LogP contribution in [0.25, 0.3) is 11.3 Å². The number of anilines is 1. The third-order valence-electron chi connectivity index (χ3n) is 6.07. The van der Waals surface area contributed by atoms with Gasteiger partial charge >= 0.3 is 0 Å². The predicted octanol–water partition coefficient (Wildman–Crippen LogP) is 3.15. The van der Waals surface area contributed by atoms with E-state index in [1.54, 1.807) is 50.8 Å². The standard InChI is InChI=1S/C25H31N5O3S.ClH/c1-28(34(31,32)23-6-4-3-5-7-23)14-15-29-16-18-30(19-17-29)25-24(26-12-13-27-25)22-10-8-21(9-11-22)20-33-2;/h3-13H,14-20H2,1-2H3;1H. The van der Waals surface area contributed by atoms with Gasteiger partial charge in [-0.15, -0.1) is 12.4 Å². The molecule has 2 aromatic carbocycles. The van der Waals surface area contributed by atoms with E-state index in [1.165, 1.54) is 4.31 Å². The molecule has 8 nitrogen and oxygen atoms in total. The Morgan fingerprint density at radius 2 is 1.60 bits per heavy atom. The number of sulfonamides is 1. The molecule has 4 rings (SSSR count). The topological polar surface area (TPSA) is 78.9 Å². The minimum absolute atomic E-state index is 0. The molecule has 3 aromatic rings. The maximum absolute atomic E-state index is 12.7. The van der Waals surface area contributed by atoms with Gasteiger partial charge in [-0.1, -0.05) is 42.5 Å². The number of hydrogen-bond donors (Lipinski definition) is 0. The van der Waals surface area contributed by atoms with Crippen molar-refractivity contribution < 1.29 is 13.2 Å². The predicted molar refractivity (Wildman–Crippen MR) is 140 cm³/mol. The van der Waals surface area contributed by atoms with Crippen LogP contribution in [0.5, 0.6) is 0 Å². The van der Waals surface area contributed by atoms with E-state index in [0.717, 1.165) is 48.8 Å². The second-order valence-corrected chi connectivity index (χ2v) is 10.4. The van der Waals surface area contributed by atoms with E-state index in [1.807, 2.05) is 6.07 Å². The van der Waals surface area contributed by atoms with E-state index in [4.69, 9.17) is 4.74 Å². The van der Waals surface area contributed by atoms with Gasteiger partial charge in [0.1, 0.15) is 5.69 Å². The molecular weight excluding hydrogens is 486 g/mol. The molecule has 10 heteroatoms. The van der Waals surface area contributed by atoms with Gasteiger partial charge in [0.25, 0.3) is 0 Å². The fraction of sp³-hybridized carbons (Fsp3) is 0.360. The molecule has 0 saturated carbocycles. The van der Waals surface area contributed by atoms with Crippen molar-refractivity contribution in [3.05, 3.63) is 72.6 Å². The van der Waals surface area contributed by atoms with E-state index >= 15 is 0 Å². The summed E-state index contributed by atoms with van der Waals surface area (Å²) in [7, 11) is -0.136. The van der Waals surface area contributed by atoms with Gasteiger partial charge in [-0.25, -0.2) is 13.4 Å². The molecule has 1 aromatic heterocycles. The Balaban J connectivity index is 0.00000342. The second-order valence-electron chi connectivity index (χ2n) is 8.33. The number of benzene rings is 2. The lowest BCUT2D eigenvalue weighted by atomic mass is 10.1. The normalized spacial score (nSPS) is 14.7. The molecule has 0 N–H and O–H groups in total. The molecule has 1 aliphatic rings. The van der Waals surface area contributed by atoms with E-state index in [0.29, 0.717) is 24.6 Å². The highest BCUT2D eigenvalue weighted by atomic mass is 35.5. The molecule has 1 saturated heterocycles. The highest BCUT2D eigenvalue weighted by molar-refractivity contribution is 7.89. The fourth-order valence-corrected chi connectivity index (χ4v) is 5.23. The number of methoxy groups -OCH3 is 1. The van der Waals surface area contributed by atoms with Gasteiger partial charge in [-0.2, -0.15) is 4.31 Å². The molecule has 35 heavy (non-hydrogen) atoms. The van der Waals surface area contributed by atoms with Gasteiger partial charge in [0, 0.05) is 71.4 Å². The van der Waals surface area contributed by atoms with Crippen LogP contribution in [-0.4, -0.2) is 81.0 Å². The molecule has 0 radical (unpaired) electrons. The van der Waals surface area contributed by atoms with Crippen molar-refractivity contribution in [1.82, 2.24) is 19.2 Å². The summed E-state index contributed by atoms with van der Waals surface area (Å²) in [6.07, 6.45) is 3.45. The van der Waals surface area contributed by atoms with Gasteiger partial charge in [-0.05, 0) is 17.7 Å². The summed E-state index contributed by atoms with van der Waals surface area (Å²) in [6, 6.07) is 16.8. The largest absolute Gasteiger partial charge is 0.380 e. The molecule has 188 valence electrons. The van der Waals surface area contributed by atoms with Crippen LogP contribution in [0.3, 0.4) is 0 Å². The van der Waals surface area contributed by atoms with Gasteiger partial charge < -0.3 is 9.64 Å². The first kappa shape index (κ1) is 27.0. The first-order chi connectivity index (χ1) is 16.5. The lowest BCUT2D eigenvalue weighted by molar-refractivity contribution is 0.185. The highest BCUT2D eigenvalue weighted by Gasteiger charge is 2.24. The first-order valence-electron chi connectivity index (χ1n) is 11.4. The molecule has 0 bridgehead atoms. The molecular formula is C25H32ClN5O3S. The number of ether oxygens (including phenoxy) is 1. The van der Waals surface area contributed by atoms with Crippen LogP contribution in [0.2, 0.25) is 0 Å². The van der Waals surface area contributed by atoms with Crippen LogP contribution < -0.4 is 4.90 Å². The SMILES string of the molecule is COCc1ccc(-c2nccnc2N2CCN(CCN(C)S(=O)(=O)c3ccccc3)CC2)cc1.Cl. The Morgan fingerprint density at radius 1 is 0.943 bits per heavy atom. The van der Waals surface area contributed by atoms with Crippen molar-refractivity contribution in [2.24, 2.45) is 0 Å². The van der Waals surface area contributed by atoms with Crippen molar-refractivity contribution in [1.29, 1.82) is 0 Å². The van der Waals surface area contributed by atoms with Crippen LogP contribution >= 0.6 is 12.4 Å². The minimum atomic E-state index is -3.47. The molecule has 1 fully saturated rings. The zero-order chi connectivity index (χ0) is 24.0. The fourth-order valence-electron chi connectivity index (χ4n) is 4.05. The number of rotatable bonds is 9. The third-order valence-corrected chi connectivity index (χ3v) is 7.94. The Bertz CT molecular complexity index is 1170. The summed E-state index contributed by atoms with van der Waals surface area (Å²) in [4.78, 5) is 14.1. The quantitative estimate of drug-likeness (QED) is 0.431. The summed E-state index contributed by atoms with van der Waals surface area (Å²) >= 11 is 0. The molecule has 0 aliphatic carbocycles. The second kappa shape index (κ2) is 12.4. The lowest BCUT2D eigenvalue weighted by Gasteiger charge is -2.36. The third kappa shape index (κ3) is 6.56. The highest BCUT2D eigenvalue weighted by Crippen LogP contribution is 2.27. The van der Waals surface area contributed by atoms with E-state index in [2.05, 4.69) is 44.0 Å². The van der Waals surface area contributed by atoms with Crippen molar-refractivity contribution in [3.8, 4) is 11.3 Å². The Morgan fingerprint density at radius 3 is 2.26 bits per heavy atom.